The highest BCUT2D eigenvalue weighted by atomic mass is 32.2. The van der Waals surface area contributed by atoms with Crippen LogP contribution in [0.4, 0.5) is 22.8 Å². The molecule has 3 aromatic carbocycles. The molecule has 3 fully saturated rings. The number of fused-ring (bicyclic) bond motifs is 5. The maximum Gasteiger partial charge on any atom is 0.523 e. The molecule has 16 nitrogen and oxygen atoms in total. The number of carbonyl (C=O) groups excluding carboxylic acids is 5. The van der Waals surface area contributed by atoms with E-state index in [-0.39, 0.29) is 23.3 Å². The van der Waals surface area contributed by atoms with Crippen LogP contribution in [0.5, 0.6) is 0 Å². The number of carbonyl (C=O) groups is 5. The molecule has 0 spiro atoms. The minimum absolute atomic E-state index is 0.0125. The molecule has 0 aromatic heterocycles. The second-order valence-corrected chi connectivity index (χ2v) is 19.0. The number of ketones is 1. The van der Waals surface area contributed by atoms with Crippen molar-refractivity contribution in [1.29, 1.82) is 0 Å². The number of hydrogen-bond donors (Lipinski definition) is 1. The Morgan fingerprint density at radius 1 is 0.818 bits per heavy atom. The van der Waals surface area contributed by atoms with Gasteiger partial charge in [0.2, 0.25) is 0 Å². The van der Waals surface area contributed by atoms with Crippen molar-refractivity contribution in [2.75, 3.05) is 6.61 Å². The molecule has 3 aromatic rings. The molecule has 20 heteroatoms. The van der Waals surface area contributed by atoms with Gasteiger partial charge in [-0.25, -0.2) is 14.4 Å². The topological polar surface area (TPSA) is 214 Å². The van der Waals surface area contributed by atoms with Crippen LogP contribution in [0.2, 0.25) is 0 Å². The number of esters is 2. The van der Waals surface area contributed by atoms with Crippen LogP contribution >= 0.6 is 0 Å². The van der Waals surface area contributed by atoms with Gasteiger partial charge in [-0.1, -0.05) is 92.7 Å². The Morgan fingerprint density at radius 3 is 1.85 bits per heavy atom. The molecular formula is C46H47F3O16S. The molecule has 0 radical (unpaired) electrons. The molecule has 3 aliphatic carbocycles. The molecule has 4 aliphatic rings. The summed E-state index contributed by atoms with van der Waals surface area (Å²) in [5.41, 5.74) is -15.0. The first kappa shape index (κ1) is 48.1. The Balaban J connectivity index is 1.47. The van der Waals surface area contributed by atoms with E-state index in [2.05, 4.69) is 0 Å². The summed E-state index contributed by atoms with van der Waals surface area (Å²) in [4.78, 5) is 70.9. The number of rotatable bonds is 11. The van der Waals surface area contributed by atoms with Crippen LogP contribution < -0.4 is 0 Å². The largest absolute Gasteiger partial charge is 0.523 e. The third-order valence-electron chi connectivity index (χ3n) is 13.2. The first-order chi connectivity index (χ1) is 31.0. The maximum atomic E-state index is 16.0. The van der Waals surface area contributed by atoms with Crippen LogP contribution in [-0.4, -0.2) is 97.4 Å². The molecule has 1 N–H and O–H groups in total. The van der Waals surface area contributed by atoms with Crippen molar-refractivity contribution < 1.29 is 88.0 Å². The van der Waals surface area contributed by atoms with Crippen molar-refractivity contribution in [2.24, 2.45) is 16.7 Å². The molecule has 66 heavy (non-hydrogen) atoms. The predicted octanol–water partition coefficient (Wildman–Crippen LogP) is 6.68. The fourth-order valence-corrected chi connectivity index (χ4v) is 10.6. The summed E-state index contributed by atoms with van der Waals surface area (Å²) >= 11 is 0. The van der Waals surface area contributed by atoms with Crippen molar-refractivity contribution in [3.05, 3.63) is 119 Å². The predicted molar refractivity (Wildman–Crippen MR) is 220 cm³/mol. The fourth-order valence-electron chi connectivity index (χ4n) is 9.89. The lowest BCUT2D eigenvalue weighted by atomic mass is 9.44. The van der Waals surface area contributed by atoms with Gasteiger partial charge in [0.05, 0.1) is 29.6 Å². The zero-order chi connectivity index (χ0) is 48.0. The number of benzene rings is 3. The SMILES string of the molecule is CC(=O)OC12COC1CC(OS(=O)(=O)C(F)(F)F)[C@@]1(C)C(=O)C(OC(=O)OCc3ccccc3)C3=C(C)C(OC(=O)OCc4ccccc4)CC(O)(C(OC(=O)c4ccccc4)C21)C3(C)C. The van der Waals surface area contributed by atoms with Crippen molar-refractivity contribution in [3.63, 3.8) is 0 Å². The average molecular weight is 945 g/mol. The van der Waals surface area contributed by atoms with Crippen molar-refractivity contribution in [3.8, 4) is 0 Å². The highest BCUT2D eigenvalue weighted by Gasteiger charge is 2.79. The van der Waals surface area contributed by atoms with E-state index in [1.807, 2.05) is 0 Å². The van der Waals surface area contributed by atoms with Gasteiger partial charge in [-0.05, 0) is 48.3 Å². The van der Waals surface area contributed by atoms with Crippen molar-refractivity contribution in [2.45, 2.75) is 108 Å². The molecule has 2 bridgehead atoms. The summed E-state index contributed by atoms with van der Waals surface area (Å²) in [5, 5.41) is 13.7. The van der Waals surface area contributed by atoms with Crippen molar-refractivity contribution in [1.82, 2.24) is 0 Å². The Morgan fingerprint density at radius 2 is 1.35 bits per heavy atom. The zero-order valence-electron chi connectivity index (χ0n) is 36.3. The Bertz CT molecular complexity index is 2500. The van der Waals surface area contributed by atoms with Gasteiger partial charge in [-0.15, -0.1) is 0 Å². The second-order valence-electron chi connectivity index (χ2n) is 17.4. The van der Waals surface area contributed by atoms with E-state index >= 15 is 4.79 Å². The Labute approximate surface area is 377 Å². The van der Waals surface area contributed by atoms with E-state index in [0.717, 1.165) is 13.8 Å². The van der Waals surface area contributed by atoms with Crippen molar-refractivity contribution >= 4 is 40.2 Å². The minimum Gasteiger partial charge on any atom is -0.455 e. The minimum atomic E-state index is -6.57. The van der Waals surface area contributed by atoms with Gasteiger partial charge in [0.1, 0.15) is 37.1 Å². The molecule has 0 amide bonds. The highest BCUT2D eigenvalue weighted by molar-refractivity contribution is 7.87. The van der Waals surface area contributed by atoms with Crippen LogP contribution in [0.3, 0.4) is 0 Å². The highest BCUT2D eigenvalue weighted by Crippen LogP contribution is 2.65. The zero-order valence-corrected chi connectivity index (χ0v) is 37.1. The van der Waals surface area contributed by atoms with Gasteiger partial charge in [0.25, 0.3) is 0 Å². The number of ether oxygens (including phenoxy) is 7. The number of aliphatic hydroxyl groups is 1. The molecule has 1 heterocycles. The first-order valence-corrected chi connectivity index (χ1v) is 22.2. The Kier molecular flexibility index (Phi) is 12.9. The smallest absolute Gasteiger partial charge is 0.455 e. The summed E-state index contributed by atoms with van der Waals surface area (Å²) in [6.07, 6.45) is -14.3. The van der Waals surface area contributed by atoms with Gasteiger partial charge in [-0.2, -0.15) is 21.6 Å². The van der Waals surface area contributed by atoms with E-state index in [4.69, 9.17) is 37.3 Å². The third kappa shape index (κ3) is 8.54. The van der Waals surface area contributed by atoms with E-state index < -0.39 is 130 Å². The molecule has 2 saturated carbocycles. The third-order valence-corrected chi connectivity index (χ3v) is 14.3. The fraction of sp³-hybridized carbons (Fsp3) is 0.457. The number of alkyl halides is 3. The van der Waals surface area contributed by atoms with E-state index in [9.17, 15) is 45.9 Å². The monoisotopic (exact) mass is 944 g/mol. The molecule has 8 unspecified atom stereocenters. The lowest BCUT2D eigenvalue weighted by Gasteiger charge is -2.67. The second kappa shape index (κ2) is 17.8. The normalized spacial score (nSPS) is 30.2. The van der Waals surface area contributed by atoms with E-state index in [1.54, 1.807) is 66.7 Å². The molecule has 354 valence electrons. The van der Waals surface area contributed by atoms with Crippen LogP contribution in [0, 0.1) is 16.7 Å². The van der Waals surface area contributed by atoms with Crippen LogP contribution in [0.25, 0.3) is 0 Å². The quantitative estimate of drug-likeness (QED) is 0.0698. The van der Waals surface area contributed by atoms with E-state index in [0.29, 0.717) is 11.1 Å². The van der Waals surface area contributed by atoms with Crippen LogP contribution in [0.15, 0.2) is 102 Å². The van der Waals surface area contributed by atoms with Gasteiger partial charge >= 0.3 is 39.9 Å². The molecular weight excluding hydrogens is 898 g/mol. The number of halogens is 3. The maximum absolute atomic E-state index is 16.0. The van der Waals surface area contributed by atoms with Gasteiger partial charge in [0.15, 0.2) is 17.5 Å². The summed E-state index contributed by atoms with van der Waals surface area (Å²) < 4.78 is 114. The van der Waals surface area contributed by atoms with Crippen LogP contribution in [0.1, 0.15) is 68.9 Å². The Hall–Kier alpha value is -5.83. The molecule has 1 saturated heterocycles. The van der Waals surface area contributed by atoms with Gasteiger partial charge in [0, 0.05) is 25.2 Å². The molecule has 7 rings (SSSR count). The number of Topliss-reactive ketones (excluding diaryl/α,β-unsaturated/α-hetero) is 1. The lowest BCUT2D eigenvalue weighted by molar-refractivity contribution is -0.344. The summed E-state index contributed by atoms with van der Waals surface area (Å²) in [6, 6.07) is 24.0. The first-order valence-electron chi connectivity index (χ1n) is 20.8. The number of hydrogen-bond acceptors (Lipinski definition) is 16. The standard InChI is InChI=1S/C46H47F3O16S/c1-26-31(61-40(53)58-23-28-15-9-6-10-16-28)22-45(55)38(63-39(52)30-19-13-8-14-20-30)36-43(5,32(65-66(56,57)46(47,48)49)21-33-44(36,25-60-33)64-27(2)50)37(51)35(34(26)42(45,3)4)62-41(54)59-24-29-17-11-7-12-18-29/h6-20,31-33,35-36,38,55H,21-25H2,1-5H3/t31?,32?,33?,35?,36?,38?,43-,44?,45?/m1/s1. The molecule has 9 atom stereocenters. The van der Waals surface area contributed by atoms with Gasteiger partial charge in [-0.3, -0.25) is 13.8 Å². The average Bonchev–Trinajstić information content (AvgIpc) is 3.26. The summed E-state index contributed by atoms with van der Waals surface area (Å²) in [7, 11) is -6.57. The lowest BCUT2D eigenvalue weighted by Crippen LogP contribution is -2.82. The summed E-state index contributed by atoms with van der Waals surface area (Å²) in [5.74, 6) is -5.58. The molecule has 1 aliphatic heterocycles. The van der Waals surface area contributed by atoms with Crippen LogP contribution in [-0.2, 0) is 70.3 Å². The summed E-state index contributed by atoms with van der Waals surface area (Å²) in [6.45, 7) is 4.89. The van der Waals surface area contributed by atoms with E-state index in [1.165, 1.54) is 45.0 Å². The van der Waals surface area contributed by atoms with Gasteiger partial charge < -0.3 is 38.3 Å².